The second-order valence-corrected chi connectivity index (χ2v) is 11.2. The Morgan fingerprint density at radius 1 is 0.543 bits per heavy atom. The van der Waals surface area contributed by atoms with E-state index in [9.17, 15) is 50.4 Å². The summed E-state index contributed by atoms with van der Waals surface area (Å²) in [5.41, 5.74) is 1.96. The van der Waals surface area contributed by atoms with Gasteiger partial charge in [-0.05, 0) is 59.7 Å². The van der Waals surface area contributed by atoms with Crippen LogP contribution in [0.15, 0.2) is 72.8 Å². The van der Waals surface area contributed by atoms with E-state index in [1.165, 1.54) is 24.3 Å². The van der Waals surface area contributed by atoms with E-state index < -0.39 is 86.1 Å². The Labute approximate surface area is 263 Å². The topological polar surface area (TPSA) is 238 Å². The highest BCUT2D eigenvalue weighted by atomic mass is 16.6. The van der Waals surface area contributed by atoms with Gasteiger partial charge in [0.2, 0.25) is 0 Å². The van der Waals surface area contributed by atoms with Crippen LogP contribution in [0.5, 0.6) is 0 Å². The lowest BCUT2D eigenvalue weighted by atomic mass is 9.90. The molecule has 0 saturated carbocycles. The molecule has 0 bridgehead atoms. The number of aliphatic hydroxyl groups excluding tert-OH is 8. The van der Waals surface area contributed by atoms with Crippen LogP contribution >= 0.6 is 0 Å². The Hall–Kier alpha value is -3.80. The van der Waals surface area contributed by atoms with Gasteiger partial charge in [0.25, 0.3) is 11.8 Å². The van der Waals surface area contributed by atoms with Gasteiger partial charge in [-0.25, -0.2) is 0 Å². The van der Waals surface area contributed by atoms with Crippen molar-refractivity contribution in [1.29, 1.82) is 0 Å². The number of hydrogen-bond donors (Lipinski definition) is 10. The molecule has 2 aliphatic heterocycles. The monoisotopic (exact) mass is 640 g/mol. The fourth-order valence-corrected chi connectivity index (χ4v) is 5.51. The van der Waals surface area contributed by atoms with Crippen LogP contribution in [0.1, 0.15) is 44.1 Å². The van der Waals surface area contributed by atoms with E-state index in [1.54, 1.807) is 48.5 Å². The van der Waals surface area contributed by atoms with Crippen molar-refractivity contribution in [1.82, 2.24) is 0 Å². The first-order chi connectivity index (χ1) is 22.0. The fraction of sp³-hybridized carbons (Fsp3) is 0.375. The first-order valence-corrected chi connectivity index (χ1v) is 14.6. The van der Waals surface area contributed by atoms with Crippen molar-refractivity contribution >= 4 is 23.2 Å². The molecule has 10 atom stereocenters. The van der Waals surface area contributed by atoms with E-state index in [0.717, 1.165) is 0 Å². The molecular formula is C32H36N2O12. The van der Waals surface area contributed by atoms with Gasteiger partial charge in [-0.3, -0.25) is 9.59 Å². The van der Waals surface area contributed by atoms with E-state index in [1.807, 2.05) is 0 Å². The average Bonchev–Trinajstić information content (AvgIpc) is 3.07. The molecule has 0 unspecified atom stereocenters. The lowest BCUT2D eigenvalue weighted by molar-refractivity contribution is -0.231. The Bertz CT molecular complexity index is 1400. The minimum atomic E-state index is -1.56. The van der Waals surface area contributed by atoms with E-state index in [2.05, 4.69) is 10.6 Å². The Morgan fingerprint density at radius 3 is 1.26 bits per heavy atom. The quantitative estimate of drug-likeness (QED) is 0.146. The highest BCUT2D eigenvalue weighted by molar-refractivity contribution is 6.06. The summed E-state index contributed by atoms with van der Waals surface area (Å²) in [6.07, 6.45) is -13.5. The molecule has 246 valence electrons. The Morgan fingerprint density at radius 2 is 0.913 bits per heavy atom. The van der Waals surface area contributed by atoms with Crippen molar-refractivity contribution in [2.75, 3.05) is 23.8 Å². The van der Waals surface area contributed by atoms with Gasteiger partial charge >= 0.3 is 0 Å². The molecule has 3 aromatic rings. The maximum absolute atomic E-state index is 13.0. The zero-order valence-corrected chi connectivity index (χ0v) is 24.3. The molecule has 2 amide bonds. The minimum absolute atomic E-state index is 0.214. The van der Waals surface area contributed by atoms with Gasteiger partial charge in [0.05, 0.1) is 13.2 Å². The second kappa shape index (κ2) is 14.3. The van der Waals surface area contributed by atoms with E-state index >= 15 is 0 Å². The molecule has 5 rings (SSSR count). The highest BCUT2D eigenvalue weighted by Gasteiger charge is 2.45. The maximum atomic E-state index is 13.0. The molecule has 10 N–H and O–H groups in total. The Balaban J connectivity index is 1.22. The molecule has 3 aromatic carbocycles. The van der Waals surface area contributed by atoms with Gasteiger partial charge < -0.3 is 61.0 Å². The molecular weight excluding hydrogens is 604 g/mol. The van der Waals surface area contributed by atoms with Crippen molar-refractivity contribution in [2.24, 2.45) is 0 Å². The van der Waals surface area contributed by atoms with E-state index in [4.69, 9.17) is 9.47 Å². The average molecular weight is 641 g/mol. The normalized spacial score (nSPS) is 31.2. The molecule has 2 fully saturated rings. The molecule has 2 saturated heterocycles. The third kappa shape index (κ3) is 6.96. The predicted octanol–water partition coefficient (Wildman–Crippen LogP) is -0.779. The standard InChI is InChI=1S/C32H36N2O12/c35-13-21-23(37)25(39)27(41)29(45-21)15-3-1-5-17(11-15)31(43)33-19-7-9-20(10-8-19)34-32(44)18-6-2-4-16(12-18)30-28(42)26(40)24(38)22(14-36)46-30/h1-12,21-30,35-42H,13-14H2,(H,33,43)(H,34,44)/t21-,22-,23-,24-,25+,26+,27+,28+,29-,30-/m1/s1. The lowest BCUT2D eigenvalue weighted by Gasteiger charge is -2.40. The van der Waals surface area contributed by atoms with Crippen LogP contribution in [0.4, 0.5) is 11.4 Å². The predicted molar refractivity (Wildman–Crippen MR) is 161 cm³/mol. The molecule has 0 aliphatic carbocycles. The summed E-state index contributed by atoms with van der Waals surface area (Å²) < 4.78 is 11.2. The van der Waals surface area contributed by atoms with Gasteiger partial charge in [0.1, 0.15) is 61.0 Å². The molecule has 0 aromatic heterocycles. The summed E-state index contributed by atoms with van der Waals surface area (Å²) in [7, 11) is 0. The van der Waals surface area contributed by atoms with Gasteiger partial charge in [0, 0.05) is 22.5 Å². The molecule has 0 radical (unpaired) electrons. The van der Waals surface area contributed by atoms with Crippen molar-refractivity contribution < 1.29 is 59.9 Å². The summed E-state index contributed by atoms with van der Waals surface area (Å²) in [5.74, 6) is -0.985. The van der Waals surface area contributed by atoms with Crippen LogP contribution in [0.3, 0.4) is 0 Å². The number of carbonyl (C=O) groups excluding carboxylic acids is 2. The smallest absolute Gasteiger partial charge is 0.255 e. The van der Waals surface area contributed by atoms with Crippen LogP contribution in [0.25, 0.3) is 0 Å². The van der Waals surface area contributed by atoms with Crippen molar-refractivity contribution in [3.63, 3.8) is 0 Å². The minimum Gasteiger partial charge on any atom is -0.394 e. The molecule has 46 heavy (non-hydrogen) atoms. The second-order valence-electron chi connectivity index (χ2n) is 11.2. The first kappa shape index (κ1) is 33.6. The largest absolute Gasteiger partial charge is 0.394 e. The summed E-state index contributed by atoms with van der Waals surface area (Å²) in [5, 5.41) is 85.6. The number of anilines is 2. The van der Waals surface area contributed by atoms with Crippen LogP contribution in [0, 0.1) is 0 Å². The number of hydrogen-bond acceptors (Lipinski definition) is 12. The fourth-order valence-electron chi connectivity index (χ4n) is 5.51. The maximum Gasteiger partial charge on any atom is 0.255 e. The van der Waals surface area contributed by atoms with Crippen LogP contribution in [0.2, 0.25) is 0 Å². The van der Waals surface area contributed by atoms with Gasteiger partial charge in [-0.15, -0.1) is 0 Å². The van der Waals surface area contributed by atoms with E-state index in [0.29, 0.717) is 22.5 Å². The molecule has 2 heterocycles. The summed E-state index contributed by atoms with van der Waals surface area (Å²) >= 11 is 0. The molecule has 14 heteroatoms. The third-order valence-electron chi connectivity index (χ3n) is 8.14. The number of carbonyl (C=O) groups is 2. The van der Waals surface area contributed by atoms with Crippen molar-refractivity contribution in [3.8, 4) is 0 Å². The van der Waals surface area contributed by atoms with Gasteiger partial charge in [0.15, 0.2) is 0 Å². The number of amides is 2. The van der Waals surface area contributed by atoms with Crippen molar-refractivity contribution in [2.45, 2.75) is 61.0 Å². The van der Waals surface area contributed by atoms with Crippen LogP contribution in [-0.4, -0.2) is 115 Å². The van der Waals surface area contributed by atoms with Gasteiger partial charge in [-0.2, -0.15) is 0 Å². The molecule has 14 nitrogen and oxygen atoms in total. The van der Waals surface area contributed by atoms with Crippen molar-refractivity contribution in [3.05, 3.63) is 95.1 Å². The lowest BCUT2D eigenvalue weighted by Crippen LogP contribution is -2.55. The molecule has 2 aliphatic rings. The SMILES string of the molecule is O=C(Nc1ccc(NC(=O)c2cccc([C@H]3O[C@H](CO)[C@@H](O)[C@H](O)[C@@H]3O)c2)cc1)c1cccc([C@H]2O[C@H](CO)[C@@H](O)[C@H](O)[C@@H]2O)c1. The summed E-state index contributed by atoms with van der Waals surface area (Å²) in [6, 6.07) is 18.6. The van der Waals surface area contributed by atoms with Crippen LogP contribution in [-0.2, 0) is 9.47 Å². The number of rotatable bonds is 8. The number of nitrogens with one attached hydrogen (secondary N) is 2. The zero-order chi connectivity index (χ0) is 33.1. The number of benzene rings is 3. The van der Waals surface area contributed by atoms with E-state index in [-0.39, 0.29) is 11.1 Å². The van der Waals surface area contributed by atoms with Gasteiger partial charge in [-0.1, -0.05) is 24.3 Å². The Kier molecular flexibility index (Phi) is 10.4. The summed E-state index contributed by atoms with van der Waals surface area (Å²) in [4.78, 5) is 26.0. The third-order valence-corrected chi connectivity index (χ3v) is 8.14. The first-order valence-electron chi connectivity index (χ1n) is 14.6. The summed E-state index contributed by atoms with van der Waals surface area (Å²) in [6.45, 7) is -1.15. The zero-order valence-electron chi connectivity index (χ0n) is 24.3. The van der Waals surface area contributed by atoms with Crippen LogP contribution < -0.4 is 10.6 Å². The molecule has 0 spiro atoms. The number of ether oxygens (including phenoxy) is 2. The number of aliphatic hydroxyl groups is 8. The highest BCUT2D eigenvalue weighted by Crippen LogP contribution is 2.34.